The molecule has 6 heteroatoms. The molecule has 4 nitrogen and oxygen atoms in total. The van der Waals surface area contributed by atoms with Crippen LogP contribution in [0.5, 0.6) is 0 Å². The van der Waals surface area contributed by atoms with Crippen LogP contribution < -0.4 is 0 Å². The molecule has 0 aliphatic carbocycles. The standard InChI is InChI=1S/C19H25FN2O2S/c1-3-25-19-13-17(23-2)12-18(21-7-9-24-10-8-21)22(19)14-15-5-4-6-16(20)11-15/h4-6,11-13,19H,3,7-10,14H2,1-2H3. The number of allylic oxidation sites excluding steroid dienone is 1. The Kier molecular flexibility index (Phi) is 6.26. The van der Waals surface area contributed by atoms with Crippen molar-refractivity contribution in [3.8, 4) is 0 Å². The second kappa shape index (κ2) is 8.63. The van der Waals surface area contributed by atoms with Gasteiger partial charge in [-0.3, -0.25) is 0 Å². The maximum atomic E-state index is 13.6. The predicted octanol–water partition coefficient (Wildman–Crippen LogP) is 3.42. The van der Waals surface area contributed by atoms with E-state index >= 15 is 0 Å². The molecule has 0 N–H and O–H groups in total. The van der Waals surface area contributed by atoms with Crippen molar-refractivity contribution in [1.82, 2.24) is 9.80 Å². The summed E-state index contributed by atoms with van der Waals surface area (Å²) in [5.41, 5.74) is 0.968. The first kappa shape index (κ1) is 18.1. The molecule has 1 atom stereocenters. The second-order valence-corrected chi connectivity index (χ2v) is 7.37. The van der Waals surface area contributed by atoms with Gasteiger partial charge in [0.1, 0.15) is 17.4 Å². The van der Waals surface area contributed by atoms with Crippen LogP contribution in [0.2, 0.25) is 0 Å². The molecule has 0 aromatic heterocycles. The van der Waals surface area contributed by atoms with Crippen LogP contribution in [0, 0.1) is 5.82 Å². The number of thioether (sulfide) groups is 1. The normalized spacial score (nSPS) is 21.0. The monoisotopic (exact) mass is 364 g/mol. The number of ether oxygens (including phenoxy) is 2. The number of methoxy groups -OCH3 is 1. The minimum Gasteiger partial charge on any atom is -0.497 e. The van der Waals surface area contributed by atoms with Gasteiger partial charge in [-0.25, -0.2) is 4.39 Å². The first-order valence-corrected chi connectivity index (χ1v) is 9.69. The molecule has 0 bridgehead atoms. The summed E-state index contributed by atoms with van der Waals surface area (Å²) in [5.74, 6) is 2.80. The number of rotatable bonds is 6. The number of morpholine rings is 1. The number of benzene rings is 1. The topological polar surface area (TPSA) is 24.9 Å². The number of hydrogen-bond donors (Lipinski definition) is 0. The molecule has 136 valence electrons. The zero-order valence-corrected chi connectivity index (χ0v) is 15.6. The highest BCUT2D eigenvalue weighted by Gasteiger charge is 2.29. The number of nitrogens with zero attached hydrogens (tertiary/aromatic N) is 2. The molecule has 2 aliphatic rings. The fourth-order valence-electron chi connectivity index (χ4n) is 3.12. The third kappa shape index (κ3) is 4.50. The Bertz CT molecular complexity index is 644. The van der Waals surface area contributed by atoms with Gasteiger partial charge >= 0.3 is 0 Å². The predicted molar refractivity (Wildman–Crippen MR) is 99.4 cm³/mol. The summed E-state index contributed by atoms with van der Waals surface area (Å²) in [6.45, 7) is 5.97. The van der Waals surface area contributed by atoms with Crippen molar-refractivity contribution in [2.45, 2.75) is 18.8 Å². The highest BCUT2D eigenvalue weighted by atomic mass is 32.2. The minimum atomic E-state index is -0.195. The lowest BCUT2D eigenvalue weighted by atomic mass is 10.1. The van der Waals surface area contributed by atoms with E-state index in [2.05, 4.69) is 28.9 Å². The number of halogens is 1. The van der Waals surface area contributed by atoms with Crippen LogP contribution in [0.15, 0.2) is 48.0 Å². The SMILES string of the molecule is CCSC1C=C(OC)C=C(N2CCOCC2)N1Cc1cccc(F)c1. The molecule has 2 aliphatic heterocycles. The van der Waals surface area contributed by atoms with E-state index in [4.69, 9.17) is 9.47 Å². The molecule has 25 heavy (non-hydrogen) atoms. The van der Waals surface area contributed by atoms with Crippen molar-refractivity contribution in [2.24, 2.45) is 0 Å². The molecular formula is C19H25FN2O2S. The van der Waals surface area contributed by atoms with Crippen molar-refractivity contribution in [1.29, 1.82) is 0 Å². The Hall–Kier alpha value is -1.66. The Labute approximate surface area is 153 Å². The minimum absolute atomic E-state index is 0.158. The highest BCUT2D eigenvalue weighted by Crippen LogP contribution is 2.32. The van der Waals surface area contributed by atoms with Crippen LogP contribution in [0.1, 0.15) is 12.5 Å². The highest BCUT2D eigenvalue weighted by molar-refractivity contribution is 7.99. The smallest absolute Gasteiger partial charge is 0.123 e. The summed E-state index contributed by atoms with van der Waals surface area (Å²) < 4.78 is 24.7. The van der Waals surface area contributed by atoms with E-state index in [-0.39, 0.29) is 11.2 Å². The molecule has 0 saturated carbocycles. The van der Waals surface area contributed by atoms with Gasteiger partial charge in [0.25, 0.3) is 0 Å². The maximum Gasteiger partial charge on any atom is 0.123 e. The van der Waals surface area contributed by atoms with E-state index in [9.17, 15) is 4.39 Å². The van der Waals surface area contributed by atoms with Gasteiger partial charge in [-0.15, -0.1) is 11.8 Å². The van der Waals surface area contributed by atoms with Gasteiger partial charge in [0.05, 0.1) is 25.7 Å². The molecule has 1 unspecified atom stereocenters. The summed E-state index contributed by atoms with van der Waals surface area (Å²) in [6, 6.07) is 6.84. The number of hydrogen-bond acceptors (Lipinski definition) is 5. The van der Waals surface area contributed by atoms with Crippen LogP contribution in [0.4, 0.5) is 4.39 Å². The Balaban J connectivity index is 1.90. The van der Waals surface area contributed by atoms with E-state index in [0.29, 0.717) is 6.54 Å². The van der Waals surface area contributed by atoms with Crippen molar-refractivity contribution in [3.05, 3.63) is 59.4 Å². The van der Waals surface area contributed by atoms with Crippen LogP contribution in [0.3, 0.4) is 0 Å². The Morgan fingerprint density at radius 1 is 1.32 bits per heavy atom. The van der Waals surface area contributed by atoms with Crippen LogP contribution >= 0.6 is 11.8 Å². The van der Waals surface area contributed by atoms with Gasteiger partial charge in [-0.1, -0.05) is 19.1 Å². The first-order chi connectivity index (χ1) is 12.2. The first-order valence-electron chi connectivity index (χ1n) is 8.64. The molecular weight excluding hydrogens is 339 g/mol. The molecule has 3 rings (SSSR count). The molecule has 1 saturated heterocycles. The summed E-state index contributed by atoms with van der Waals surface area (Å²) in [5, 5.41) is 0.158. The van der Waals surface area contributed by atoms with Gasteiger partial charge in [0.2, 0.25) is 0 Å². The lowest BCUT2D eigenvalue weighted by molar-refractivity contribution is 0.0353. The van der Waals surface area contributed by atoms with Crippen molar-refractivity contribution < 1.29 is 13.9 Å². The Morgan fingerprint density at radius 2 is 2.12 bits per heavy atom. The zero-order chi connectivity index (χ0) is 17.6. The molecule has 0 spiro atoms. The van der Waals surface area contributed by atoms with Gasteiger partial charge in [-0.2, -0.15) is 0 Å². The molecule has 2 heterocycles. The summed E-state index contributed by atoms with van der Waals surface area (Å²) >= 11 is 1.85. The van der Waals surface area contributed by atoms with Gasteiger partial charge < -0.3 is 19.3 Å². The van der Waals surface area contributed by atoms with E-state index in [1.807, 2.05) is 17.8 Å². The third-order valence-corrected chi connectivity index (χ3v) is 5.40. The molecule has 0 radical (unpaired) electrons. The Morgan fingerprint density at radius 3 is 2.80 bits per heavy atom. The van der Waals surface area contributed by atoms with Crippen LogP contribution in [0.25, 0.3) is 0 Å². The van der Waals surface area contributed by atoms with Gasteiger partial charge in [0, 0.05) is 25.7 Å². The molecule has 1 aromatic carbocycles. The summed E-state index contributed by atoms with van der Waals surface area (Å²) in [6.07, 6.45) is 4.22. The van der Waals surface area contributed by atoms with Crippen molar-refractivity contribution in [2.75, 3.05) is 39.2 Å². The van der Waals surface area contributed by atoms with Crippen LogP contribution in [-0.2, 0) is 16.0 Å². The van der Waals surface area contributed by atoms with Gasteiger partial charge in [-0.05, 0) is 29.5 Å². The molecule has 1 aromatic rings. The van der Waals surface area contributed by atoms with E-state index < -0.39 is 0 Å². The fourth-order valence-corrected chi connectivity index (χ4v) is 4.06. The van der Waals surface area contributed by atoms with Crippen molar-refractivity contribution >= 4 is 11.8 Å². The maximum absolute atomic E-state index is 13.6. The average molecular weight is 364 g/mol. The van der Waals surface area contributed by atoms with E-state index in [0.717, 1.165) is 49.2 Å². The quantitative estimate of drug-likeness (QED) is 0.770. The van der Waals surface area contributed by atoms with E-state index in [1.165, 1.54) is 6.07 Å². The lowest BCUT2D eigenvalue weighted by Crippen LogP contribution is -2.45. The summed E-state index contributed by atoms with van der Waals surface area (Å²) in [4.78, 5) is 4.66. The molecule has 0 amide bonds. The lowest BCUT2D eigenvalue weighted by Gasteiger charge is -2.42. The summed E-state index contributed by atoms with van der Waals surface area (Å²) in [7, 11) is 1.70. The van der Waals surface area contributed by atoms with Crippen LogP contribution in [-0.4, -0.2) is 54.3 Å². The van der Waals surface area contributed by atoms with E-state index in [1.54, 1.807) is 19.2 Å². The average Bonchev–Trinajstić information content (AvgIpc) is 2.64. The molecule has 1 fully saturated rings. The second-order valence-electron chi connectivity index (χ2n) is 5.98. The fraction of sp³-hybridized carbons (Fsp3) is 0.474. The van der Waals surface area contributed by atoms with Crippen molar-refractivity contribution in [3.63, 3.8) is 0 Å². The third-order valence-electron chi connectivity index (χ3n) is 4.33. The largest absolute Gasteiger partial charge is 0.497 e. The van der Waals surface area contributed by atoms with Gasteiger partial charge in [0.15, 0.2) is 0 Å². The zero-order valence-electron chi connectivity index (χ0n) is 14.8.